The average molecular weight is 277 g/mol. The number of carboxylic acid groups (broad SMARTS) is 1. The van der Waals surface area contributed by atoms with Gasteiger partial charge in [0.2, 0.25) is 5.76 Å². The first-order valence-electron chi connectivity index (χ1n) is 6.16. The molecule has 0 aromatic carbocycles. The van der Waals surface area contributed by atoms with Crippen LogP contribution in [-0.4, -0.2) is 26.8 Å². The number of hydrogen-bond donors (Lipinski definition) is 2. The van der Waals surface area contributed by atoms with Gasteiger partial charge in [0.05, 0.1) is 12.2 Å². The van der Waals surface area contributed by atoms with Crippen molar-refractivity contribution < 1.29 is 19.1 Å². The van der Waals surface area contributed by atoms with Gasteiger partial charge in [0.1, 0.15) is 11.5 Å². The molecule has 2 N–H and O–H groups in total. The van der Waals surface area contributed by atoms with Gasteiger partial charge in [-0.25, -0.2) is 4.79 Å². The summed E-state index contributed by atoms with van der Waals surface area (Å²) < 4.78 is 6.66. The van der Waals surface area contributed by atoms with Crippen LogP contribution in [0.4, 0.5) is 0 Å². The summed E-state index contributed by atoms with van der Waals surface area (Å²) in [6.45, 7) is 4.43. The summed E-state index contributed by atoms with van der Waals surface area (Å²) in [6, 6.07) is 4.57. The van der Waals surface area contributed by atoms with Gasteiger partial charge in [-0.05, 0) is 32.0 Å². The number of aromatic carboxylic acids is 1. The zero-order valence-electron chi connectivity index (χ0n) is 11.2. The van der Waals surface area contributed by atoms with Crippen molar-refractivity contribution in [2.75, 3.05) is 0 Å². The molecule has 20 heavy (non-hydrogen) atoms. The fraction of sp³-hybridized carbons (Fsp3) is 0.308. The number of aryl methyl sites for hydroxylation is 2. The van der Waals surface area contributed by atoms with Gasteiger partial charge in [-0.3, -0.25) is 9.48 Å². The normalized spacial score (nSPS) is 10.5. The molecule has 2 heterocycles. The summed E-state index contributed by atoms with van der Waals surface area (Å²) in [7, 11) is 0. The molecular formula is C13H15N3O4. The molecular weight excluding hydrogens is 262 g/mol. The summed E-state index contributed by atoms with van der Waals surface area (Å²) in [5.41, 5.74) is 1.23. The summed E-state index contributed by atoms with van der Waals surface area (Å²) >= 11 is 0. The Bertz CT molecular complexity index is 642. The SMILES string of the molecule is CCn1nc(C)cc1C(=O)NCc1ccc(C(=O)O)o1. The van der Waals surface area contributed by atoms with Crippen molar-refractivity contribution >= 4 is 11.9 Å². The van der Waals surface area contributed by atoms with Crippen LogP contribution in [0.1, 0.15) is 39.4 Å². The Balaban J connectivity index is 2.02. The van der Waals surface area contributed by atoms with Crippen LogP contribution in [0.2, 0.25) is 0 Å². The number of aromatic nitrogens is 2. The predicted molar refractivity (Wildman–Crippen MR) is 69.5 cm³/mol. The highest BCUT2D eigenvalue weighted by Crippen LogP contribution is 2.08. The molecule has 0 bridgehead atoms. The van der Waals surface area contributed by atoms with Crippen LogP contribution in [0.15, 0.2) is 22.6 Å². The number of carboxylic acids is 1. The molecule has 2 aromatic rings. The Hall–Kier alpha value is -2.57. The number of hydrogen-bond acceptors (Lipinski definition) is 4. The van der Waals surface area contributed by atoms with Crippen LogP contribution in [0.25, 0.3) is 0 Å². The molecule has 106 valence electrons. The topological polar surface area (TPSA) is 97.4 Å². The van der Waals surface area contributed by atoms with Gasteiger partial charge >= 0.3 is 5.97 Å². The lowest BCUT2D eigenvalue weighted by Crippen LogP contribution is -2.25. The third-order valence-corrected chi connectivity index (χ3v) is 2.73. The van der Waals surface area contributed by atoms with E-state index in [1.807, 2.05) is 13.8 Å². The number of nitrogens with zero attached hydrogens (tertiary/aromatic N) is 2. The highest BCUT2D eigenvalue weighted by atomic mass is 16.4. The van der Waals surface area contributed by atoms with E-state index in [9.17, 15) is 9.59 Å². The van der Waals surface area contributed by atoms with E-state index >= 15 is 0 Å². The van der Waals surface area contributed by atoms with Crippen LogP contribution < -0.4 is 5.32 Å². The zero-order valence-corrected chi connectivity index (χ0v) is 11.2. The van der Waals surface area contributed by atoms with Crippen LogP contribution in [0, 0.1) is 6.92 Å². The van der Waals surface area contributed by atoms with Crippen LogP contribution >= 0.6 is 0 Å². The number of carbonyl (C=O) groups is 2. The van der Waals surface area contributed by atoms with Crippen molar-refractivity contribution in [3.63, 3.8) is 0 Å². The van der Waals surface area contributed by atoms with Crippen molar-refractivity contribution in [2.24, 2.45) is 0 Å². The molecule has 0 aliphatic carbocycles. The second kappa shape index (κ2) is 5.60. The molecule has 7 nitrogen and oxygen atoms in total. The molecule has 0 aliphatic heterocycles. The van der Waals surface area contributed by atoms with E-state index in [0.29, 0.717) is 18.0 Å². The minimum atomic E-state index is -1.14. The van der Waals surface area contributed by atoms with Gasteiger partial charge in [0.25, 0.3) is 5.91 Å². The quantitative estimate of drug-likeness (QED) is 0.861. The van der Waals surface area contributed by atoms with Gasteiger partial charge in [-0.1, -0.05) is 0 Å². The second-order valence-corrected chi connectivity index (χ2v) is 4.24. The first-order valence-corrected chi connectivity index (χ1v) is 6.16. The third kappa shape index (κ3) is 2.87. The molecule has 0 saturated heterocycles. The summed E-state index contributed by atoms with van der Waals surface area (Å²) in [5.74, 6) is -1.18. The highest BCUT2D eigenvalue weighted by Gasteiger charge is 2.14. The monoisotopic (exact) mass is 277 g/mol. The van der Waals surface area contributed by atoms with Gasteiger partial charge in [0, 0.05) is 6.54 Å². The molecule has 0 aliphatic rings. The van der Waals surface area contributed by atoms with E-state index in [-0.39, 0.29) is 18.2 Å². The molecule has 1 amide bonds. The van der Waals surface area contributed by atoms with Crippen molar-refractivity contribution in [1.29, 1.82) is 0 Å². The molecule has 0 fully saturated rings. The standard InChI is InChI=1S/C13H15N3O4/c1-3-16-10(6-8(2)15-16)12(17)14-7-9-4-5-11(20-9)13(18)19/h4-6H,3,7H2,1-2H3,(H,14,17)(H,18,19). The van der Waals surface area contributed by atoms with Crippen LogP contribution in [0.3, 0.4) is 0 Å². The lowest BCUT2D eigenvalue weighted by molar-refractivity contribution is 0.0660. The average Bonchev–Trinajstić information content (AvgIpc) is 3.02. The number of furan rings is 1. The maximum absolute atomic E-state index is 12.0. The number of amides is 1. The Kier molecular flexibility index (Phi) is 3.88. The van der Waals surface area contributed by atoms with E-state index in [1.54, 1.807) is 10.7 Å². The maximum Gasteiger partial charge on any atom is 0.371 e. The van der Waals surface area contributed by atoms with E-state index in [1.165, 1.54) is 12.1 Å². The van der Waals surface area contributed by atoms with E-state index in [0.717, 1.165) is 5.69 Å². The van der Waals surface area contributed by atoms with Gasteiger partial charge in [0.15, 0.2) is 0 Å². The molecule has 0 radical (unpaired) electrons. The van der Waals surface area contributed by atoms with E-state index in [4.69, 9.17) is 9.52 Å². The Labute approximate surface area is 115 Å². The zero-order chi connectivity index (χ0) is 14.7. The highest BCUT2D eigenvalue weighted by molar-refractivity contribution is 5.92. The van der Waals surface area contributed by atoms with E-state index < -0.39 is 5.97 Å². The molecule has 0 unspecified atom stereocenters. The Morgan fingerprint density at radius 1 is 1.45 bits per heavy atom. The third-order valence-electron chi connectivity index (χ3n) is 2.73. The lowest BCUT2D eigenvalue weighted by atomic mass is 10.3. The molecule has 2 rings (SSSR count). The van der Waals surface area contributed by atoms with Crippen molar-refractivity contribution in [1.82, 2.24) is 15.1 Å². The summed E-state index contributed by atoms with van der Waals surface area (Å²) in [4.78, 5) is 22.7. The van der Waals surface area contributed by atoms with Crippen LogP contribution in [0.5, 0.6) is 0 Å². The molecule has 7 heteroatoms. The van der Waals surface area contributed by atoms with Crippen LogP contribution in [-0.2, 0) is 13.1 Å². The molecule has 0 atom stereocenters. The fourth-order valence-corrected chi connectivity index (χ4v) is 1.82. The summed E-state index contributed by atoms with van der Waals surface area (Å²) in [6.07, 6.45) is 0. The van der Waals surface area contributed by atoms with Crippen molar-refractivity contribution in [3.8, 4) is 0 Å². The minimum Gasteiger partial charge on any atom is -0.475 e. The number of rotatable bonds is 5. The summed E-state index contributed by atoms with van der Waals surface area (Å²) in [5, 5.41) is 15.6. The largest absolute Gasteiger partial charge is 0.475 e. The molecule has 2 aromatic heterocycles. The first kappa shape index (κ1) is 13.9. The Morgan fingerprint density at radius 3 is 2.80 bits per heavy atom. The van der Waals surface area contributed by atoms with Gasteiger partial charge in [-0.2, -0.15) is 5.10 Å². The smallest absolute Gasteiger partial charge is 0.371 e. The van der Waals surface area contributed by atoms with E-state index in [2.05, 4.69) is 10.4 Å². The van der Waals surface area contributed by atoms with Crippen molar-refractivity contribution in [3.05, 3.63) is 41.1 Å². The van der Waals surface area contributed by atoms with Gasteiger partial charge < -0.3 is 14.8 Å². The minimum absolute atomic E-state index is 0.125. The Morgan fingerprint density at radius 2 is 2.20 bits per heavy atom. The maximum atomic E-state index is 12.0. The number of nitrogens with one attached hydrogen (secondary N) is 1. The second-order valence-electron chi connectivity index (χ2n) is 4.24. The number of carbonyl (C=O) groups excluding carboxylic acids is 1. The lowest BCUT2D eigenvalue weighted by Gasteiger charge is -2.05. The fourth-order valence-electron chi connectivity index (χ4n) is 1.82. The van der Waals surface area contributed by atoms with Gasteiger partial charge in [-0.15, -0.1) is 0 Å². The van der Waals surface area contributed by atoms with Crippen molar-refractivity contribution in [2.45, 2.75) is 26.9 Å². The first-order chi connectivity index (χ1) is 9.51. The molecule has 0 spiro atoms. The molecule has 0 saturated carbocycles. The predicted octanol–water partition coefficient (Wildman–Crippen LogP) is 1.43.